The molecule has 120 valence electrons. The minimum atomic E-state index is -0.253. The molecule has 2 amide bonds. The van der Waals surface area contributed by atoms with E-state index in [9.17, 15) is 9.59 Å². The Bertz CT molecular complexity index is 681. The maximum Gasteiger partial charge on any atom is 0.270 e. The Kier molecular flexibility index (Phi) is 4.99. The fraction of sp³-hybridized carbons (Fsp3) is 0.312. The van der Waals surface area contributed by atoms with Crippen LogP contribution in [0.5, 0.6) is 0 Å². The summed E-state index contributed by atoms with van der Waals surface area (Å²) in [6.45, 7) is 1.25. The van der Waals surface area contributed by atoms with Gasteiger partial charge in [-0.25, -0.2) is 4.98 Å². The molecule has 1 atom stereocenters. The van der Waals surface area contributed by atoms with Crippen LogP contribution < -0.4 is 10.6 Å². The summed E-state index contributed by atoms with van der Waals surface area (Å²) in [5.74, 6) is -0.497. The zero-order valence-corrected chi connectivity index (χ0v) is 13.3. The van der Waals surface area contributed by atoms with Crippen molar-refractivity contribution in [3.05, 3.63) is 47.0 Å². The number of ether oxygens (including phenoxy) is 1. The predicted molar refractivity (Wildman–Crippen MR) is 87.8 cm³/mol. The lowest BCUT2D eigenvalue weighted by atomic mass is 10.2. The van der Waals surface area contributed by atoms with E-state index in [0.717, 1.165) is 19.4 Å². The molecule has 7 heteroatoms. The number of anilines is 1. The van der Waals surface area contributed by atoms with Crippen molar-refractivity contribution in [3.8, 4) is 0 Å². The number of aromatic nitrogens is 1. The van der Waals surface area contributed by atoms with Gasteiger partial charge in [0.1, 0.15) is 5.69 Å². The molecule has 2 N–H and O–H groups in total. The van der Waals surface area contributed by atoms with Crippen LogP contribution in [0, 0.1) is 0 Å². The van der Waals surface area contributed by atoms with Gasteiger partial charge in [-0.2, -0.15) is 0 Å². The molecule has 0 radical (unpaired) electrons. The van der Waals surface area contributed by atoms with E-state index in [1.165, 1.54) is 11.3 Å². The standard InChI is InChI=1S/C16H17N3O3S/c20-14(11-5-2-1-3-6-11)19-16-18-13(10-23-16)15(21)17-9-12-7-4-8-22-12/h1-3,5-6,10,12H,4,7-9H2,(H,17,21)(H,18,19,20). The van der Waals surface area contributed by atoms with Gasteiger partial charge >= 0.3 is 0 Å². The van der Waals surface area contributed by atoms with Gasteiger partial charge in [0, 0.05) is 24.1 Å². The predicted octanol–water partition coefficient (Wildman–Crippen LogP) is 2.30. The van der Waals surface area contributed by atoms with Crippen molar-refractivity contribution in [1.29, 1.82) is 0 Å². The van der Waals surface area contributed by atoms with Crippen molar-refractivity contribution in [3.63, 3.8) is 0 Å². The van der Waals surface area contributed by atoms with Crippen LogP contribution in [0.25, 0.3) is 0 Å². The first-order valence-corrected chi connectivity index (χ1v) is 8.32. The van der Waals surface area contributed by atoms with E-state index in [2.05, 4.69) is 15.6 Å². The molecule has 1 aliphatic rings. The first-order chi connectivity index (χ1) is 11.2. The third kappa shape index (κ3) is 4.14. The van der Waals surface area contributed by atoms with Gasteiger partial charge in [0.2, 0.25) is 0 Å². The van der Waals surface area contributed by atoms with Gasteiger partial charge < -0.3 is 10.1 Å². The van der Waals surface area contributed by atoms with E-state index in [4.69, 9.17) is 4.74 Å². The minimum absolute atomic E-state index is 0.0924. The summed E-state index contributed by atoms with van der Waals surface area (Å²) in [4.78, 5) is 28.2. The second kappa shape index (κ2) is 7.34. The Morgan fingerprint density at radius 1 is 1.26 bits per heavy atom. The fourth-order valence-corrected chi connectivity index (χ4v) is 2.98. The molecule has 2 heterocycles. The molecule has 1 saturated heterocycles. The third-order valence-corrected chi connectivity index (χ3v) is 4.27. The van der Waals surface area contributed by atoms with Crippen LogP contribution in [0.15, 0.2) is 35.7 Å². The molecular weight excluding hydrogens is 314 g/mol. The highest BCUT2D eigenvalue weighted by atomic mass is 32.1. The summed E-state index contributed by atoms with van der Waals surface area (Å²) in [7, 11) is 0. The molecule has 1 unspecified atom stereocenters. The number of nitrogens with zero attached hydrogens (tertiary/aromatic N) is 1. The number of thiazole rings is 1. The molecule has 0 spiro atoms. The quantitative estimate of drug-likeness (QED) is 0.881. The summed E-state index contributed by atoms with van der Waals surface area (Å²) in [5.41, 5.74) is 0.850. The van der Waals surface area contributed by atoms with Gasteiger partial charge in [0.05, 0.1) is 6.10 Å². The average Bonchev–Trinajstić information content (AvgIpc) is 3.25. The van der Waals surface area contributed by atoms with Crippen molar-refractivity contribution in [2.24, 2.45) is 0 Å². The highest BCUT2D eigenvalue weighted by Crippen LogP contribution is 2.17. The van der Waals surface area contributed by atoms with Crippen molar-refractivity contribution in [1.82, 2.24) is 10.3 Å². The third-order valence-electron chi connectivity index (χ3n) is 3.51. The first kappa shape index (κ1) is 15.6. The summed E-state index contributed by atoms with van der Waals surface area (Å²) < 4.78 is 5.46. The smallest absolute Gasteiger partial charge is 0.270 e. The van der Waals surface area contributed by atoms with Gasteiger partial charge in [0.25, 0.3) is 11.8 Å². The molecule has 23 heavy (non-hydrogen) atoms. The number of benzene rings is 1. The normalized spacial score (nSPS) is 17.0. The number of nitrogens with one attached hydrogen (secondary N) is 2. The van der Waals surface area contributed by atoms with Crippen LogP contribution in [0.2, 0.25) is 0 Å². The number of hydrogen-bond donors (Lipinski definition) is 2. The first-order valence-electron chi connectivity index (χ1n) is 7.44. The van der Waals surface area contributed by atoms with Crippen molar-refractivity contribution in [2.45, 2.75) is 18.9 Å². The molecule has 1 aromatic heterocycles. The average molecular weight is 331 g/mol. The number of carbonyl (C=O) groups is 2. The Morgan fingerprint density at radius 2 is 2.09 bits per heavy atom. The zero-order valence-electron chi connectivity index (χ0n) is 12.5. The Morgan fingerprint density at radius 3 is 2.83 bits per heavy atom. The second-order valence-electron chi connectivity index (χ2n) is 5.20. The van der Waals surface area contributed by atoms with Crippen molar-refractivity contribution < 1.29 is 14.3 Å². The number of hydrogen-bond acceptors (Lipinski definition) is 5. The molecule has 1 fully saturated rings. The van der Waals surface area contributed by atoms with Crippen LogP contribution in [0.1, 0.15) is 33.7 Å². The largest absolute Gasteiger partial charge is 0.376 e. The van der Waals surface area contributed by atoms with Gasteiger partial charge in [-0.15, -0.1) is 11.3 Å². The van der Waals surface area contributed by atoms with Gasteiger partial charge in [-0.05, 0) is 25.0 Å². The number of amides is 2. The Balaban J connectivity index is 1.54. The van der Waals surface area contributed by atoms with Crippen LogP contribution in [0.3, 0.4) is 0 Å². The molecule has 0 aliphatic carbocycles. The molecule has 0 bridgehead atoms. The van der Waals surface area contributed by atoms with Crippen molar-refractivity contribution >= 4 is 28.3 Å². The highest BCUT2D eigenvalue weighted by molar-refractivity contribution is 7.14. The van der Waals surface area contributed by atoms with E-state index in [-0.39, 0.29) is 17.9 Å². The maximum absolute atomic E-state index is 12.0. The summed E-state index contributed by atoms with van der Waals surface area (Å²) in [6, 6.07) is 8.87. The van der Waals surface area contributed by atoms with E-state index in [1.807, 2.05) is 6.07 Å². The van der Waals surface area contributed by atoms with Crippen molar-refractivity contribution in [2.75, 3.05) is 18.5 Å². The van der Waals surface area contributed by atoms with E-state index in [0.29, 0.717) is 22.9 Å². The second-order valence-corrected chi connectivity index (χ2v) is 6.06. The molecule has 6 nitrogen and oxygen atoms in total. The monoisotopic (exact) mass is 331 g/mol. The minimum Gasteiger partial charge on any atom is -0.376 e. The molecule has 1 aromatic carbocycles. The van der Waals surface area contributed by atoms with Crippen LogP contribution >= 0.6 is 11.3 Å². The van der Waals surface area contributed by atoms with Gasteiger partial charge in [-0.3, -0.25) is 14.9 Å². The lowest BCUT2D eigenvalue weighted by Crippen LogP contribution is -2.31. The molecule has 0 saturated carbocycles. The summed E-state index contributed by atoms with van der Waals surface area (Å²) in [6.07, 6.45) is 2.10. The Hall–Kier alpha value is -2.25. The van der Waals surface area contributed by atoms with Crippen LogP contribution in [-0.2, 0) is 4.74 Å². The molecule has 3 rings (SSSR count). The van der Waals surface area contributed by atoms with E-state index >= 15 is 0 Å². The lowest BCUT2D eigenvalue weighted by Gasteiger charge is -2.09. The summed E-state index contributed by atoms with van der Waals surface area (Å²) >= 11 is 1.22. The van der Waals surface area contributed by atoms with Crippen LogP contribution in [-0.4, -0.2) is 36.1 Å². The molecule has 1 aliphatic heterocycles. The Labute approximate surface area is 137 Å². The number of rotatable bonds is 5. The topological polar surface area (TPSA) is 80.3 Å². The van der Waals surface area contributed by atoms with Gasteiger partial charge in [0.15, 0.2) is 5.13 Å². The maximum atomic E-state index is 12.0. The zero-order chi connectivity index (χ0) is 16.1. The SMILES string of the molecule is O=C(Nc1nc(C(=O)NCC2CCCO2)cs1)c1ccccc1. The van der Waals surface area contributed by atoms with Crippen LogP contribution in [0.4, 0.5) is 5.13 Å². The highest BCUT2D eigenvalue weighted by Gasteiger charge is 2.18. The van der Waals surface area contributed by atoms with E-state index < -0.39 is 0 Å². The number of carbonyl (C=O) groups excluding carboxylic acids is 2. The fourth-order valence-electron chi connectivity index (χ4n) is 2.30. The lowest BCUT2D eigenvalue weighted by molar-refractivity contribution is 0.0854. The molecular formula is C16H17N3O3S. The van der Waals surface area contributed by atoms with Gasteiger partial charge in [-0.1, -0.05) is 18.2 Å². The molecule has 2 aromatic rings. The summed E-state index contributed by atoms with van der Waals surface area (Å²) in [5, 5.41) is 7.54. The van der Waals surface area contributed by atoms with E-state index in [1.54, 1.807) is 29.6 Å².